The normalized spacial score (nSPS) is 21.9. The zero-order valence-electron chi connectivity index (χ0n) is 11.7. The predicted octanol–water partition coefficient (Wildman–Crippen LogP) is 1.20. The molecule has 3 heterocycles. The van der Waals surface area contributed by atoms with Crippen LogP contribution in [-0.4, -0.2) is 48.6 Å². The van der Waals surface area contributed by atoms with Crippen molar-refractivity contribution >= 4 is 17.4 Å². The molecule has 110 valence electrons. The van der Waals surface area contributed by atoms with Crippen LogP contribution >= 0.6 is 0 Å². The Bertz CT molecular complexity index is 711. The van der Waals surface area contributed by atoms with Crippen LogP contribution in [0, 0.1) is 0 Å². The molecule has 1 saturated heterocycles. The number of fused-ring (bicyclic) bond motifs is 1. The average molecular weight is 288 g/mol. The van der Waals surface area contributed by atoms with Gasteiger partial charge in [0.2, 0.25) is 0 Å². The molecule has 0 aliphatic carbocycles. The minimum absolute atomic E-state index is 0.292. The van der Waals surface area contributed by atoms with Crippen molar-refractivity contribution in [3.05, 3.63) is 30.4 Å². The van der Waals surface area contributed by atoms with Crippen LogP contribution in [0.4, 0.5) is 0 Å². The maximum Gasteiger partial charge on any atom is 0.329 e. The van der Waals surface area contributed by atoms with Crippen LogP contribution in [-0.2, 0) is 4.79 Å². The molecule has 0 radical (unpaired) electrons. The summed E-state index contributed by atoms with van der Waals surface area (Å²) >= 11 is 0. The molecule has 7 heteroatoms. The van der Waals surface area contributed by atoms with Gasteiger partial charge in [0, 0.05) is 18.9 Å². The van der Waals surface area contributed by atoms with E-state index in [0.29, 0.717) is 36.9 Å². The number of nitrogens with zero attached hydrogens (tertiary/aromatic N) is 4. The van der Waals surface area contributed by atoms with Gasteiger partial charge in [-0.2, -0.15) is 5.10 Å². The number of carbonyl (C=O) groups is 2. The summed E-state index contributed by atoms with van der Waals surface area (Å²) in [5.41, 5.74) is -0.123. The maximum atomic E-state index is 12.8. The van der Waals surface area contributed by atoms with Gasteiger partial charge < -0.3 is 10.0 Å². The Morgan fingerprint density at radius 1 is 1.43 bits per heavy atom. The summed E-state index contributed by atoms with van der Waals surface area (Å²) in [5.74, 6) is -1.23. The Balaban J connectivity index is 2.03. The molecular weight excluding hydrogens is 272 g/mol. The number of aromatic nitrogens is 3. The van der Waals surface area contributed by atoms with Crippen molar-refractivity contribution in [2.75, 3.05) is 6.54 Å². The number of carboxylic acid groups (broad SMARTS) is 1. The van der Waals surface area contributed by atoms with Crippen molar-refractivity contribution in [3.63, 3.8) is 0 Å². The summed E-state index contributed by atoms with van der Waals surface area (Å²) in [4.78, 5) is 29.9. The van der Waals surface area contributed by atoms with E-state index in [1.807, 2.05) is 0 Å². The van der Waals surface area contributed by atoms with Gasteiger partial charge in [0.05, 0.1) is 23.5 Å². The van der Waals surface area contributed by atoms with Crippen LogP contribution < -0.4 is 0 Å². The summed E-state index contributed by atoms with van der Waals surface area (Å²) in [6.45, 7) is 2.26. The molecule has 0 aromatic carbocycles. The molecule has 0 saturated carbocycles. The fourth-order valence-electron chi connectivity index (χ4n) is 3.06. The van der Waals surface area contributed by atoms with Gasteiger partial charge >= 0.3 is 5.97 Å². The lowest BCUT2D eigenvalue weighted by Crippen LogP contribution is -2.52. The fourth-order valence-corrected chi connectivity index (χ4v) is 3.06. The lowest BCUT2D eigenvalue weighted by atomic mass is 9.92. The number of rotatable bonds is 3. The van der Waals surface area contributed by atoms with E-state index in [1.165, 1.54) is 11.1 Å². The van der Waals surface area contributed by atoms with Crippen molar-refractivity contribution in [1.82, 2.24) is 19.5 Å². The molecular formula is C14H16N4O3. The van der Waals surface area contributed by atoms with Crippen LogP contribution in [0.3, 0.4) is 0 Å². The second kappa shape index (κ2) is 4.83. The van der Waals surface area contributed by atoms with Crippen LogP contribution in [0.25, 0.3) is 5.52 Å². The van der Waals surface area contributed by atoms with Crippen LogP contribution in [0.1, 0.15) is 36.5 Å². The fraction of sp³-hybridized carbons (Fsp3) is 0.429. The molecule has 2 aromatic rings. The zero-order chi connectivity index (χ0) is 15.0. The first-order valence-corrected chi connectivity index (χ1v) is 6.93. The standard InChI is InChI=1S/C14H16N4O3/c1-2-14(13(20)21)4-3-6-17(14)12(19)10-8-16-18-7-5-15-9-11(10)18/h5,7-9H,2-4,6H2,1H3,(H,20,21). The molecule has 1 amide bonds. The number of aliphatic carboxylic acids is 1. The Morgan fingerprint density at radius 3 is 2.95 bits per heavy atom. The van der Waals surface area contributed by atoms with Gasteiger partial charge in [0.15, 0.2) is 0 Å². The number of carboxylic acids is 1. The Hall–Kier alpha value is -2.44. The van der Waals surface area contributed by atoms with Gasteiger partial charge in [-0.05, 0) is 19.3 Å². The van der Waals surface area contributed by atoms with E-state index >= 15 is 0 Å². The molecule has 21 heavy (non-hydrogen) atoms. The predicted molar refractivity (Wildman–Crippen MR) is 73.9 cm³/mol. The average Bonchev–Trinajstić information content (AvgIpc) is 3.11. The third-order valence-corrected chi connectivity index (χ3v) is 4.27. The molecule has 1 N–H and O–H groups in total. The van der Waals surface area contributed by atoms with E-state index < -0.39 is 11.5 Å². The van der Waals surface area contributed by atoms with Crippen molar-refractivity contribution in [2.24, 2.45) is 0 Å². The van der Waals surface area contributed by atoms with Crippen molar-refractivity contribution in [2.45, 2.75) is 31.7 Å². The van der Waals surface area contributed by atoms with Crippen molar-refractivity contribution < 1.29 is 14.7 Å². The van der Waals surface area contributed by atoms with E-state index in [0.717, 1.165) is 0 Å². The van der Waals surface area contributed by atoms with E-state index in [2.05, 4.69) is 10.1 Å². The summed E-state index contributed by atoms with van der Waals surface area (Å²) in [7, 11) is 0. The first-order chi connectivity index (χ1) is 10.1. The third kappa shape index (κ3) is 1.88. The van der Waals surface area contributed by atoms with Gasteiger partial charge in [-0.15, -0.1) is 0 Å². The van der Waals surface area contributed by atoms with Crippen LogP contribution in [0.2, 0.25) is 0 Å². The van der Waals surface area contributed by atoms with Gasteiger partial charge in [-0.25, -0.2) is 9.31 Å². The molecule has 1 atom stereocenters. The number of carbonyl (C=O) groups excluding carboxylic acids is 1. The Labute approximate surface area is 121 Å². The maximum absolute atomic E-state index is 12.8. The third-order valence-electron chi connectivity index (χ3n) is 4.27. The molecule has 1 fully saturated rings. The first kappa shape index (κ1) is 13.5. The van der Waals surface area contributed by atoms with E-state index in [-0.39, 0.29) is 5.91 Å². The highest BCUT2D eigenvalue weighted by Gasteiger charge is 2.49. The highest BCUT2D eigenvalue weighted by molar-refractivity contribution is 6.03. The zero-order valence-corrected chi connectivity index (χ0v) is 11.7. The molecule has 1 aliphatic rings. The van der Waals surface area contributed by atoms with E-state index in [1.54, 1.807) is 30.0 Å². The quantitative estimate of drug-likeness (QED) is 0.916. The summed E-state index contributed by atoms with van der Waals surface area (Å²) in [5, 5.41) is 13.7. The highest BCUT2D eigenvalue weighted by Crippen LogP contribution is 2.34. The summed E-state index contributed by atoms with van der Waals surface area (Å²) < 4.78 is 1.56. The van der Waals surface area contributed by atoms with Crippen molar-refractivity contribution in [1.29, 1.82) is 0 Å². The number of amides is 1. The number of likely N-dealkylation sites (tertiary alicyclic amines) is 1. The lowest BCUT2D eigenvalue weighted by Gasteiger charge is -2.33. The Morgan fingerprint density at radius 2 is 2.24 bits per heavy atom. The van der Waals surface area contributed by atoms with E-state index in [4.69, 9.17) is 0 Å². The van der Waals surface area contributed by atoms with Gasteiger partial charge in [0.1, 0.15) is 5.54 Å². The largest absolute Gasteiger partial charge is 0.479 e. The molecule has 1 aliphatic heterocycles. The SMILES string of the molecule is CCC1(C(=O)O)CCCN1C(=O)c1cnn2ccncc12. The second-order valence-electron chi connectivity index (χ2n) is 5.22. The summed E-state index contributed by atoms with van der Waals surface area (Å²) in [6.07, 6.45) is 7.85. The Kier molecular flexibility index (Phi) is 3.12. The first-order valence-electron chi connectivity index (χ1n) is 6.93. The van der Waals surface area contributed by atoms with Crippen LogP contribution in [0.5, 0.6) is 0 Å². The highest BCUT2D eigenvalue weighted by atomic mass is 16.4. The van der Waals surface area contributed by atoms with E-state index in [9.17, 15) is 14.7 Å². The van der Waals surface area contributed by atoms with Crippen LogP contribution in [0.15, 0.2) is 24.8 Å². The van der Waals surface area contributed by atoms with Gasteiger partial charge in [0.25, 0.3) is 5.91 Å². The minimum Gasteiger partial charge on any atom is -0.479 e. The molecule has 1 unspecified atom stereocenters. The second-order valence-corrected chi connectivity index (χ2v) is 5.22. The molecule has 0 spiro atoms. The smallest absolute Gasteiger partial charge is 0.329 e. The van der Waals surface area contributed by atoms with Gasteiger partial charge in [-0.1, -0.05) is 6.92 Å². The number of hydrogen-bond acceptors (Lipinski definition) is 4. The molecule has 2 aromatic heterocycles. The minimum atomic E-state index is -1.10. The molecule has 7 nitrogen and oxygen atoms in total. The monoisotopic (exact) mass is 288 g/mol. The summed E-state index contributed by atoms with van der Waals surface area (Å²) in [6, 6.07) is 0. The molecule has 0 bridgehead atoms. The van der Waals surface area contributed by atoms with Crippen molar-refractivity contribution in [3.8, 4) is 0 Å². The lowest BCUT2D eigenvalue weighted by molar-refractivity contribution is -0.148. The topological polar surface area (TPSA) is 87.8 Å². The van der Waals surface area contributed by atoms with Gasteiger partial charge in [-0.3, -0.25) is 9.78 Å². The molecule has 3 rings (SSSR count). The number of hydrogen-bond donors (Lipinski definition) is 1.